The van der Waals surface area contributed by atoms with Crippen molar-refractivity contribution in [3.63, 3.8) is 0 Å². The van der Waals surface area contributed by atoms with Crippen molar-refractivity contribution in [1.82, 2.24) is 4.98 Å². The van der Waals surface area contributed by atoms with Gasteiger partial charge in [-0.15, -0.1) is 0 Å². The molecule has 15 heavy (non-hydrogen) atoms. The van der Waals surface area contributed by atoms with Gasteiger partial charge >= 0.3 is 0 Å². The standard InChI is InChI=1S/C11H10N2OS/c12-11(14)8-4-1-2-5-9(8)15-10-6-3-7-13-10/h1-7,13H,(H2,12,14). The smallest absolute Gasteiger partial charge is 0.249 e. The molecule has 0 atom stereocenters. The zero-order valence-electron chi connectivity index (χ0n) is 7.94. The third kappa shape index (κ3) is 2.22. The predicted molar refractivity (Wildman–Crippen MR) is 59.9 cm³/mol. The van der Waals surface area contributed by atoms with Gasteiger partial charge in [-0.3, -0.25) is 4.79 Å². The Kier molecular flexibility index (Phi) is 2.78. The third-order valence-electron chi connectivity index (χ3n) is 1.94. The molecule has 1 amide bonds. The molecular weight excluding hydrogens is 208 g/mol. The van der Waals surface area contributed by atoms with Crippen LogP contribution in [0.5, 0.6) is 0 Å². The first-order chi connectivity index (χ1) is 7.27. The predicted octanol–water partition coefficient (Wildman–Crippen LogP) is 2.26. The van der Waals surface area contributed by atoms with E-state index < -0.39 is 5.91 Å². The molecule has 0 saturated heterocycles. The Morgan fingerprint density at radius 1 is 1.20 bits per heavy atom. The summed E-state index contributed by atoms with van der Waals surface area (Å²) in [6.45, 7) is 0. The molecule has 3 nitrogen and oxygen atoms in total. The summed E-state index contributed by atoms with van der Waals surface area (Å²) in [5.41, 5.74) is 5.83. The van der Waals surface area contributed by atoms with Crippen LogP contribution in [-0.4, -0.2) is 10.9 Å². The second-order valence-corrected chi connectivity index (χ2v) is 4.08. The van der Waals surface area contributed by atoms with Crippen LogP contribution in [0.15, 0.2) is 52.5 Å². The van der Waals surface area contributed by atoms with E-state index in [-0.39, 0.29) is 0 Å². The number of benzene rings is 1. The third-order valence-corrected chi connectivity index (χ3v) is 2.99. The molecule has 0 aliphatic carbocycles. The van der Waals surface area contributed by atoms with Crippen molar-refractivity contribution >= 4 is 17.7 Å². The van der Waals surface area contributed by atoms with E-state index in [9.17, 15) is 4.79 Å². The SMILES string of the molecule is NC(=O)c1ccccc1Sc1ccc[nH]1. The number of nitrogens with two attached hydrogens (primary N) is 1. The van der Waals surface area contributed by atoms with Gasteiger partial charge in [0.05, 0.1) is 10.6 Å². The molecule has 0 fully saturated rings. The molecule has 3 N–H and O–H groups in total. The number of H-pyrrole nitrogens is 1. The fourth-order valence-electron chi connectivity index (χ4n) is 1.26. The quantitative estimate of drug-likeness (QED) is 0.830. The summed E-state index contributed by atoms with van der Waals surface area (Å²) in [7, 11) is 0. The molecule has 0 radical (unpaired) electrons. The molecule has 0 aliphatic rings. The molecule has 1 aromatic heterocycles. The van der Waals surface area contributed by atoms with E-state index in [1.165, 1.54) is 11.8 Å². The van der Waals surface area contributed by atoms with Crippen molar-refractivity contribution in [2.75, 3.05) is 0 Å². The van der Waals surface area contributed by atoms with Gasteiger partial charge in [0.25, 0.3) is 0 Å². The first kappa shape index (κ1) is 9.86. The Balaban J connectivity index is 2.32. The Bertz CT molecular complexity index is 465. The minimum absolute atomic E-state index is 0.398. The first-order valence-corrected chi connectivity index (χ1v) is 5.29. The number of hydrogen-bond acceptors (Lipinski definition) is 2. The number of nitrogens with one attached hydrogen (secondary N) is 1. The Morgan fingerprint density at radius 2 is 2.00 bits per heavy atom. The van der Waals surface area contributed by atoms with Crippen LogP contribution in [0.3, 0.4) is 0 Å². The summed E-state index contributed by atoms with van der Waals surface area (Å²) in [6.07, 6.45) is 1.84. The number of hydrogen-bond donors (Lipinski definition) is 2. The van der Waals surface area contributed by atoms with Crippen molar-refractivity contribution in [3.05, 3.63) is 48.2 Å². The average Bonchev–Trinajstić information content (AvgIpc) is 2.71. The molecule has 0 aliphatic heterocycles. The zero-order chi connectivity index (χ0) is 10.7. The van der Waals surface area contributed by atoms with Crippen molar-refractivity contribution in [1.29, 1.82) is 0 Å². The monoisotopic (exact) mass is 218 g/mol. The normalized spacial score (nSPS) is 10.1. The highest BCUT2D eigenvalue weighted by Gasteiger charge is 2.08. The van der Waals surface area contributed by atoms with E-state index in [1.807, 2.05) is 30.5 Å². The maximum Gasteiger partial charge on any atom is 0.249 e. The minimum Gasteiger partial charge on any atom is -0.366 e. The summed E-state index contributed by atoms with van der Waals surface area (Å²) in [4.78, 5) is 15.1. The summed E-state index contributed by atoms with van der Waals surface area (Å²) in [5.74, 6) is -0.398. The number of carbonyl (C=O) groups is 1. The highest BCUT2D eigenvalue weighted by Crippen LogP contribution is 2.28. The average molecular weight is 218 g/mol. The van der Waals surface area contributed by atoms with Crippen LogP contribution in [0.4, 0.5) is 0 Å². The second kappa shape index (κ2) is 4.23. The van der Waals surface area contributed by atoms with Crippen molar-refractivity contribution in [2.45, 2.75) is 9.92 Å². The highest BCUT2D eigenvalue weighted by molar-refractivity contribution is 7.99. The van der Waals surface area contributed by atoms with Crippen LogP contribution in [0, 0.1) is 0 Å². The van der Waals surface area contributed by atoms with E-state index in [2.05, 4.69) is 4.98 Å². The Labute approximate surface area is 91.7 Å². The van der Waals surface area contributed by atoms with Crippen LogP contribution >= 0.6 is 11.8 Å². The molecule has 2 aromatic rings. The van der Waals surface area contributed by atoms with Crippen LogP contribution in [0.25, 0.3) is 0 Å². The van der Waals surface area contributed by atoms with E-state index in [0.717, 1.165) is 9.92 Å². The van der Waals surface area contributed by atoms with Gasteiger partial charge in [-0.2, -0.15) is 0 Å². The molecule has 0 unspecified atom stereocenters. The summed E-state index contributed by atoms with van der Waals surface area (Å²) < 4.78 is 0. The van der Waals surface area contributed by atoms with E-state index in [1.54, 1.807) is 12.1 Å². The maximum atomic E-state index is 11.1. The molecule has 0 saturated carbocycles. The van der Waals surface area contributed by atoms with Gasteiger partial charge in [-0.05, 0) is 24.3 Å². The van der Waals surface area contributed by atoms with Crippen LogP contribution in [-0.2, 0) is 0 Å². The Morgan fingerprint density at radius 3 is 2.67 bits per heavy atom. The molecule has 4 heteroatoms. The minimum atomic E-state index is -0.398. The van der Waals surface area contributed by atoms with E-state index >= 15 is 0 Å². The zero-order valence-corrected chi connectivity index (χ0v) is 8.75. The van der Waals surface area contributed by atoms with Gasteiger partial charge in [-0.25, -0.2) is 0 Å². The lowest BCUT2D eigenvalue weighted by Crippen LogP contribution is -2.11. The summed E-state index contributed by atoms with van der Waals surface area (Å²) in [5, 5.41) is 0.990. The molecule has 2 rings (SSSR count). The number of amides is 1. The molecular formula is C11H10N2OS. The van der Waals surface area contributed by atoms with Crippen molar-refractivity contribution in [3.8, 4) is 0 Å². The molecule has 0 bridgehead atoms. The topological polar surface area (TPSA) is 58.9 Å². The van der Waals surface area contributed by atoms with Gasteiger partial charge in [-0.1, -0.05) is 23.9 Å². The summed E-state index contributed by atoms with van der Waals surface area (Å²) >= 11 is 1.49. The summed E-state index contributed by atoms with van der Waals surface area (Å²) in [6, 6.07) is 11.2. The van der Waals surface area contributed by atoms with Gasteiger partial charge in [0.15, 0.2) is 0 Å². The fraction of sp³-hybridized carbons (Fsp3) is 0. The van der Waals surface area contributed by atoms with E-state index in [4.69, 9.17) is 5.73 Å². The largest absolute Gasteiger partial charge is 0.366 e. The molecule has 1 heterocycles. The van der Waals surface area contributed by atoms with Gasteiger partial charge in [0.1, 0.15) is 0 Å². The maximum absolute atomic E-state index is 11.1. The first-order valence-electron chi connectivity index (χ1n) is 4.47. The lowest BCUT2D eigenvalue weighted by Gasteiger charge is -2.03. The van der Waals surface area contributed by atoms with Gasteiger partial charge in [0.2, 0.25) is 5.91 Å². The number of rotatable bonds is 3. The number of aromatic amines is 1. The lowest BCUT2D eigenvalue weighted by molar-refractivity contribution is 0.0997. The fourth-order valence-corrected chi connectivity index (χ4v) is 2.19. The van der Waals surface area contributed by atoms with Crippen molar-refractivity contribution < 1.29 is 4.79 Å². The van der Waals surface area contributed by atoms with E-state index in [0.29, 0.717) is 5.56 Å². The van der Waals surface area contributed by atoms with Crippen LogP contribution < -0.4 is 5.73 Å². The molecule has 0 spiro atoms. The van der Waals surface area contributed by atoms with Crippen LogP contribution in [0.1, 0.15) is 10.4 Å². The number of aromatic nitrogens is 1. The second-order valence-electron chi connectivity index (χ2n) is 3.00. The molecule has 1 aromatic carbocycles. The Hall–Kier alpha value is -1.68. The highest BCUT2D eigenvalue weighted by atomic mass is 32.2. The number of carbonyl (C=O) groups excluding carboxylic acids is 1. The lowest BCUT2D eigenvalue weighted by atomic mass is 10.2. The van der Waals surface area contributed by atoms with Crippen LogP contribution in [0.2, 0.25) is 0 Å². The van der Waals surface area contributed by atoms with Crippen molar-refractivity contribution in [2.24, 2.45) is 5.73 Å². The van der Waals surface area contributed by atoms with Gasteiger partial charge in [0, 0.05) is 11.1 Å². The number of primary amides is 1. The molecule has 76 valence electrons. The van der Waals surface area contributed by atoms with Gasteiger partial charge < -0.3 is 10.7 Å².